The normalized spacial score (nSPS) is 12.7. The zero-order valence-electron chi connectivity index (χ0n) is 10.1. The van der Waals surface area contributed by atoms with Crippen molar-refractivity contribution in [3.63, 3.8) is 0 Å². The summed E-state index contributed by atoms with van der Waals surface area (Å²) in [6.07, 6.45) is 1.56. The minimum absolute atomic E-state index is 0.121. The maximum atomic E-state index is 12.2. The molecule has 0 spiro atoms. The number of hydrogen-bond donors (Lipinski definition) is 1. The van der Waals surface area contributed by atoms with Crippen LogP contribution in [0.3, 0.4) is 0 Å². The molecule has 0 amide bonds. The highest BCUT2D eigenvalue weighted by atomic mass is 79.9. The van der Waals surface area contributed by atoms with Crippen LogP contribution in [-0.4, -0.2) is 13.7 Å². The molecule has 19 heavy (non-hydrogen) atoms. The fourth-order valence-electron chi connectivity index (χ4n) is 1.83. The molecule has 0 radical (unpaired) electrons. The van der Waals surface area contributed by atoms with Crippen LogP contribution in [0.5, 0.6) is 5.75 Å². The Balaban J connectivity index is 2.31. The molecule has 0 aliphatic heterocycles. The Hall–Kier alpha value is -1.40. The number of alkyl halides is 2. The van der Waals surface area contributed by atoms with Crippen molar-refractivity contribution < 1.29 is 17.9 Å². The first-order valence-electron chi connectivity index (χ1n) is 5.56. The van der Waals surface area contributed by atoms with Gasteiger partial charge < -0.3 is 14.5 Å². The van der Waals surface area contributed by atoms with Crippen LogP contribution < -0.4 is 10.1 Å². The third-order valence-electron chi connectivity index (χ3n) is 2.61. The van der Waals surface area contributed by atoms with Gasteiger partial charge in [0.25, 0.3) is 0 Å². The molecule has 0 bridgehead atoms. The fraction of sp³-hybridized carbons (Fsp3) is 0.231. The second-order valence-corrected chi connectivity index (χ2v) is 4.66. The topological polar surface area (TPSA) is 34.4 Å². The molecular formula is C13H12BrF2NO2. The smallest absolute Gasteiger partial charge is 0.387 e. The molecule has 0 saturated carbocycles. The summed E-state index contributed by atoms with van der Waals surface area (Å²) in [5, 5.41) is 3.08. The molecule has 0 saturated heterocycles. The lowest BCUT2D eigenvalue weighted by Gasteiger charge is -2.16. The molecule has 102 valence electrons. The average Bonchev–Trinajstić information content (AvgIpc) is 2.77. The highest BCUT2D eigenvalue weighted by molar-refractivity contribution is 9.10. The molecule has 6 heteroatoms. The molecule has 1 atom stereocenters. The first-order chi connectivity index (χ1) is 9.11. The minimum atomic E-state index is -2.83. The summed E-state index contributed by atoms with van der Waals surface area (Å²) in [6.45, 7) is -2.83. The molecule has 3 nitrogen and oxygen atoms in total. The van der Waals surface area contributed by atoms with Crippen molar-refractivity contribution in [2.75, 3.05) is 7.05 Å². The van der Waals surface area contributed by atoms with Gasteiger partial charge in [-0.15, -0.1) is 0 Å². The van der Waals surface area contributed by atoms with Crippen LogP contribution >= 0.6 is 15.9 Å². The molecule has 1 heterocycles. The summed E-state index contributed by atoms with van der Waals surface area (Å²) in [5.74, 6) is 0.798. The van der Waals surface area contributed by atoms with E-state index in [9.17, 15) is 8.78 Å². The summed E-state index contributed by atoms with van der Waals surface area (Å²) in [7, 11) is 1.76. The van der Waals surface area contributed by atoms with Crippen LogP contribution in [0.1, 0.15) is 17.4 Å². The minimum Gasteiger partial charge on any atom is -0.466 e. The van der Waals surface area contributed by atoms with Crippen LogP contribution in [0.25, 0.3) is 0 Å². The van der Waals surface area contributed by atoms with E-state index >= 15 is 0 Å². The van der Waals surface area contributed by atoms with E-state index < -0.39 is 6.61 Å². The van der Waals surface area contributed by atoms with Gasteiger partial charge in [0, 0.05) is 0 Å². The van der Waals surface area contributed by atoms with Crippen molar-refractivity contribution in [2.45, 2.75) is 12.7 Å². The second-order valence-electron chi connectivity index (χ2n) is 3.81. The van der Waals surface area contributed by atoms with Crippen molar-refractivity contribution in [2.24, 2.45) is 0 Å². The number of hydrogen-bond acceptors (Lipinski definition) is 3. The predicted molar refractivity (Wildman–Crippen MR) is 70.4 cm³/mol. The average molecular weight is 332 g/mol. The maximum Gasteiger partial charge on any atom is 0.387 e. The lowest BCUT2D eigenvalue weighted by atomic mass is 10.0. The van der Waals surface area contributed by atoms with Gasteiger partial charge in [0.05, 0.1) is 16.8 Å². The van der Waals surface area contributed by atoms with Gasteiger partial charge in [-0.3, -0.25) is 0 Å². The van der Waals surface area contributed by atoms with E-state index in [1.165, 1.54) is 6.07 Å². The SMILES string of the molecule is CNC(c1cccc(OC(F)F)c1)c1occc1Br. The van der Waals surface area contributed by atoms with Gasteiger partial charge in [-0.2, -0.15) is 8.78 Å². The Bertz CT molecular complexity index is 545. The van der Waals surface area contributed by atoms with Gasteiger partial charge in [0.2, 0.25) is 0 Å². The van der Waals surface area contributed by atoms with Crippen LogP contribution in [0.4, 0.5) is 8.78 Å². The molecular weight excluding hydrogens is 320 g/mol. The first kappa shape index (κ1) is 14.0. The van der Waals surface area contributed by atoms with E-state index in [1.807, 2.05) is 6.07 Å². The van der Waals surface area contributed by atoms with E-state index in [1.54, 1.807) is 31.5 Å². The zero-order valence-corrected chi connectivity index (χ0v) is 11.7. The Morgan fingerprint density at radius 3 is 2.68 bits per heavy atom. The van der Waals surface area contributed by atoms with E-state index in [-0.39, 0.29) is 11.8 Å². The summed E-state index contributed by atoms with van der Waals surface area (Å²) in [6, 6.07) is 8.05. The third kappa shape index (κ3) is 3.33. The van der Waals surface area contributed by atoms with E-state index in [0.29, 0.717) is 5.76 Å². The summed E-state index contributed by atoms with van der Waals surface area (Å²) < 4.78 is 35.0. The standard InChI is InChI=1S/C13H12BrF2NO2/c1-17-11(12-10(14)5-6-18-12)8-3-2-4-9(7-8)19-13(15)16/h2-7,11,13,17H,1H3. The van der Waals surface area contributed by atoms with Crippen molar-refractivity contribution in [1.82, 2.24) is 5.32 Å². The molecule has 2 rings (SSSR count). The number of nitrogens with one attached hydrogen (secondary N) is 1. The van der Waals surface area contributed by atoms with Crippen molar-refractivity contribution in [1.29, 1.82) is 0 Å². The molecule has 0 aliphatic rings. The van der Waals surface area contributed by atoms with Crippen molar-refractivity contribution >= 4 is 15.9 Å². The van der Waals surface area contributed by atoms with Crippen molar-refractivity contribution in [3.8, 4) is 5.75 Å². The molecule has 1 aromatic carbocycles. The van der Waals surface area contributed by atoms with Gasteiger partial charge in [0.15, 0.2) is 0 Å². The molecule has 0 aliphatic carbocycles. The number of ether oxygens (including phenoxy) is 1. The zero-order chi connectivity index (χ0) is 13.8. The number of benzene rings is 1. The summed E-state index contributed by atoms with van der Waals surface area (Å²) >= 11 is 3.38. The summed E-state index contributed by atoms with van der Waals surface area (Å²) in [5.41, 5.74) is 0.774. The van der Waals surface area contributed by atoms with Crippen LogP contribution in [0.15, 0.2) is 45.5 Å². The van der Waals surface area contributed by atoms with Crippen LogP contribution in [0.2, 0.25) is 0 Å². The first-order valence-corrected chi connectivity index (χ1v) is 6.36. The van der Waals surface area contributed by atoms with E-state index in [2.05, 4.69) is 26.0 Å². The van der Waals surface area contributed by atoms with E-state index in [4.69, 9.17) is 4.42 Å². The van der Waals surface area contributed by atoms with Gasteiger partial charge in [0.1, 0.15) is 11.5 Å². The van der Waals surface area contributed by atoms with Gasteiger partial charge in [-0.1, -0.05) is 12.1 Å². The lowest BCUT2D eigenvalue weighted by molar-refractivity contribution is -0.0498. The predicted octanol–water partition coefficient (Wildman–Crippen LogP) is 3.95. The molecule has 2 aromatic rings. The lowest BCUT2D eigenvalue weighted by Crippen LogP contribution is -2.17. The Morgan fingerprint density at radius 2 is 2.11 bits per heavy atom. The molecule has 1 aromatic heterocycles. The van der Waals surface area contributed by atoms with E-state index in [0.717, 1.165) is 10.0 Å². The highest BCUT2D eigenvalue weighted by Gasteiger charge is 2.19. The summed E-state index contributed by atoms with van der Waals surface area (Å²) in [4.78, 5) is 0. The van der Waals surface area contributed by atoms with Crippen LogP contribution in [0, 0.1) is 0 Å². The Morgan fingerprint density at radius 1 is 1.32 bits per heavy atom. The third-order valence-corrected chi connectivity index (χ3v) is 3.27. The highest BCUT2D eigenvalue weighted by Crippen LogP contribution is 2.31. The van der Waals surface area contributed by atoms with Gasteiger partial charge in [-0.25, -0.2) is 0 Å². The molecule has 0 fully saturated rings. The number of furan rings is 1. The largest absolute Gasteiger partial charge is 0.466 e. The molecule has 1 unspecified atom stereocenters. The van der Waals surface area contributed by atoms with Gasteiger partial charge in [-0.05, 0) is 46.7 Å². The van der Waals surface area contributed by atoms with Gasteiger partial charge >= 0.3 is 6.61 Å². The van der Waals surface area contributed by atoms with Crippen LogP contribution in [-0.2, 0) is 0 Å². The number of rotatable bonds is 5. The molecule has 1 N–H and O–H groups in total. The van der Waals surface area contributed by atoms with Crippen molar-refractivity contribution in [3.05, 3.63) is 52.4 Å². The Kier molecular flexibility index (Phi) is 4.55. The second kappa shape index (κ2) is 6.16. The number of halogens is 3. The maximum absolute atomic E-state index is 12.2. The Labute approximate surface area is 117 Å². The fourth-order valence-corrected chi connectivity index (χ4v) is 2.26. The quantitative estimate of drug-likeness (QED) is 0.900. The monoisotopic (exact) mass is 331 g/mol.